The number of nitrogens with zero attached hydrogens (tertiary/aromatic N) is 1. The van der Waals surface area contributed by atoms with Crippen LogP contribution in [0.1, 0.15) is 85.0 Å². The van der Waals surface area contributed by atoms with Gasteiger partial charge in [0.25, 0.3) is 5.56 Å². The third-order valence-corrected chi connectivity index (χ3v) is 5.60. The summed E-state index contributed by atoms with van der Waals surface area (Å²) in [6.07, 6.45) is 11.3. The van der Waals surface area contributed by atoms with Gasteiger partial charge in [-0.05, 0) is 31.4 Å². The molecule has 0 aliphatic carbocycles. The molecule has 0 amide bonds. The van der Waals surface area contributed by atoms with Gasteiger partial charge in [0.1, 0.15) is 5.75 Å². The van der Waals surface area contributed by atoms with Gasteiger partial charge in [-0.2, -0.15) is 0 Å². The van der Waals surface area contributed by atoms with Crippen LogP contribution in [0.25, 0.3) is 10.9 Å². The number of ether oxygens (including phenoxy) is 3. The molecule has 0 aliphatic rings. The first-order chi connectivity index (χ1) is 15.2. The second-order valence-electron chi connectivity index (χ2n) is 8.17. The fourth-order valence-corrected chi connectivity index (χ4v) is 3.72. The Hall–Kier alpha value is -2.17. The predicted molar refractivity (Wildman–Crippen MR) is 129 cm³/mol. The second-order valence-corrected chi connectivity index (χ2v) is 8.17. The van der Waals surface area contributed by atoms with Crippen molar-refractivity contribution in [1.29, 1.82) is 0 Å². The second kappa shape index (κ2) is 14.0. The smallest absolute Gasteiger partial charge is 0.297 e. The Morgan fingerprint density at radius 2 is 1.45 bits per heavy atom. The lowest BCUT2D eigenvalue weighted by atomic mass is 10.1. The van der Waals surface area contributed by atoms with Crippen LogP contribution in [-0.4, -0.2) is 24.9 Å². The summed E-state index contributed by atoms with van der Waals surface area (Å²) in [6, 6.07) is 5.95. The molecule has 0 radical (unpaired) electrons. The quantitative estimate of drug-likeness (QED) is 0.277. The number of hydrogen-bond donors (Lipinski definition) is 0. The Morgan fingerprint density at radius 1 is 0.774 bits per heavy atom. The molecule has 1 aromatic heterocycles. The summed E-state index contributed by atoms with van der Waals surface area (Å²) in [7, 11) is 1.54. The van der Waals surface area contributed by atoms with Crippen LogP contribution < -0.4 is 19.8 Å². The van der Waals surface area contributed by atoms with Crippen molar-refractivity contribution < 1.29 is 14.2 Å². The van der Waals surface area contributed by atoms with E-state index in [1.165, 1.54) is 39.2 Å². The van der Waals surface area contributed by atoms with Crippen molar-refractivity contribution in [2.45, 2.75) is 91.5 Å². The van der Waals surface area contributed by atoms with Crippen molar-refractivity contribution in [2.24, 2.45) is 0 Å². The van der Waals surface area contributed by atoms with Gasteiger partial charge in [0.05, 0.1) is 25.8 Å². The van der Waals surface area contributed by atoms with E-state index in [9.17, 15) is 4.79 Å². The number of methoxy groups -OCH3 is 1. The monoisotopic (exact) mass is 431 g/mol. The summed E-state index contributed by atoms with van der Waals surface area (Å²) in [5, 5.41) is 0.899. The summed E-state index contributed by atoms with van der Waals surface area (Å²) < 4.78 is 19.4. The first-order valence-corrected chi connectivity index (χ1v) is 12.2. The molecule has 31 heavy (non-hydrogen) atoms. The lowest BCUT2D eigenvalue weighted by Crippen LogP contribution is -2.23. The molecule has 1 heterocycles. The van der Waals surface area contributed by atoms with Gasteiger partial charge in [-0.1, -0.05) is 65.7 Å². The van der Waals surface area contributed by atoms with E-state index in [4.69, 9.17) is 14.2 Å². The molecule has 5 nitrogen and oxygen atoms in total. The molecule has 0 fully saturated rings. The highest BCUT2D eigenvalue weighted by Crippen LogP contribution is 2.35. The molecule has 2 aromatic rings. The van der Waals surface area contributed by atoms with Crippen LogP contribution >= 0.6 is 0 Å². The Morgan fingerprint density at radius 3 is 2.16 bits per heavy atom. The van der Waals surface area contributed by atoms with Crippen LogP contribution in [0.4, 0.5) is 0 Å². The minimum absolute atomic E-state index is 0.136. The van der Waals surface area contributed by atoms with E-state index in [1.54, 1.807) is 0 Å². The van der Waals surface area contributed by atoms with Crippen LogP contribution in [0.5, 0.6) is 17.2 Å². The zero-order chi connectivity index (χ0) is 22.5. The van der Waals surface area contributed by atoms with Gasteiger partial charge < -0.3 is 18.8 Å². The fraction of sp³-hybridized carbons (Fsp3) is 0.654. The maximum Gasteiger partial charge on any atom is 0.297 e. The molecule has 0 saturated carbocycles. The predicted octanol–water partition coefficient (Wildman–Crippen LogP) is 6.73. The number of hydrogen-bond acceptors (Lipinski definition) is 4. The first-order valence-electron chi connectivity index (χ1n) is 12.2. The van der Waals surface area contributed by atoms with E-state index in [0.717, 1.165) is 48.8 Å². The normalized spacial score (nSPS) is 11.1. The van der Waals surface area contributed by atoms with Crippen molar-refractivity contribution in [3.63, 3.8) is 0 Å². The van der Waals surface area contributed by atoms with Gasteiger partial charge in [-0.3, -0.25) is 4.79 Å². The summed E-state index contributed by atoms with van der Waals surface area (Å²) in [4.78, 5) is 13.2. The highest BCUT2D eigenvalue weighted by Gasteiger charge is 2.19. The van der Waals surface area contributed by atoms with E-state index in [-0.39, 0.29) is 5.56 Å². The summed E-state index contributed by atoms with van der Waals surface area (Å²) in [5.74, 6) is 1.64. The Kier molecular flexibility index (Phi) is 11.3. The number of benzene rings is 1. The lowest BCUT2D eigenvalue weighted by molar-refractivity contribution is 0.288. The fourth-order valence-electron chi connectivity index (χ4n) is 3.72. The molecule has 0 atom stereocenters. The third kappa shape index (κ3) is 7.19. The summed E-state index contributed by atoms with van der Waals surface area (Å²) in [6.45, 7) is 8.40. The van der Waals surface area contributed by atoms with E-state index in [0.29, 0.717) is 31.3 Å². The molecule has 0 N–H and O–H groups in total. The Labute approximate surface area is 187 Å². The van der Waals surface area contributed by atoms with Gasteiger partial charge in [0.15, 0.2) is 5.75 Å². The maximum absolute atomic E-state index is 13.2. The minimum Gasteiger partial charge on any atom is -0.494 e. The van der Waals surface area contributed by atoms with E-state index >= 15 is 0 Å². The number of fused-ring (bicyclic) bond motifs is 1. The molecule has 0 bridgehead atoms. The van der Waals surface area contributed by atoms with E-state index < -0.39 is 0 Å². The minimum atomic E-state index is -0.136. The largest absolute Gasteiger partial charge is 0.494 e. The zero-order valence-corrected chi connectivity index (χ0v) is 20.0. The molecule has 0 saturated heterocycles. The average Bonchev–Trinajstić information content (AvgIpc) is 2.78. The number of rotatable bonds is 16. The molecule has 2 rings (SSSR count). The van der Waals surface area contributed by atoms with Crippen molar-refractivity contribution in [2.75, 3.05) is 20.3 Å². The SMILES string of the molecule is CCCCCCCCOc1ccc2c(OCCCC)c(OC)c(=O)n(CCCC)c2c1. The Balaban J connectivity index is 2.28. The van der Waals surface area contributed by atoms with Gasteiger partial charge in [0, 0.05) is 18.0 Å². The van der Waals surface area contributed by atoms with Gasteiger partial charge >= 0.3 is 0 Å². The van der Waals surface area contributed by atoms with Crippen LogP contribution in [0.15, 0.2) is 23.0 Å². The van der Waals surface area contributed by atoms with Crippen molar-refractivity contribution in [3.05, 3.63) is 28.6 Å². The first kappa shape index (κ1) is 25.1. The standard InChI is InChI=1S/C26H41NO4/c1-5-8-11-12-13-14-19-30-21-15-16-22-23(20-21)27(17-9-6-2)26(28)25(29-4)24(22)31-18-10-7-3/h15-16,20H,5-14,17-19H2,1-4H3. The molecule has 0 spiro atoms. The third-order valence-electron chi connectivity index (χ3n) is 5.60. The van der Waals surface area contributed by atoms with E-state index in [1.807, 2.05) is 22.8 Å². The van der Waals surface area contributed by atoms with E-state index in [2.05, 4.69) is 20.8 Å². The van der Waals surface area contributed by atoms with Crippen molar-refractivity contribution >= 4 is 10.9 Å². The maximum atomic E-state index is 13.2. The number of aromatic nitrogens is 1. The van der Waals surface area contributed by atoms with Crippen molar-refractivity contribution in [3.8, 4) is 17.2 Å². The van der Waals surface area contributed by atoms with Crippen LogP contribution in [0.2, 0.25) is 0 Å². The summed E-state index contributed by atoms with van der Waals surface area (Å²) >= 11 is 0. The molecule has 174 valence electrons. The molecular formula is C26H41NO4. The molecule has 5 heteroatoms. The van der Waals surface area contributed by atoms with Gasteiger partial charge in [-0.25, -0.2) is 0 Å². The van der Waals surface area contributed by atoms with Crippen molar-refractivity contribution in [1.82, 2.24) is 4.57 Å². The number of pyridine rings is 1. The number of aryl methyl sites for hydroxylation is 1. The Bertz CT molecular complexity index is 843. The molecule has 1 aromatic carbocycles. The topological polar surface area (TPSA) is 49.7 Å². The average molecular weight is 432 g/mol. The lowest BCUT2D eigenvalue weighted by Gasteiger charge is -2.18. The number of unbranched alkanes of at least 4 members (excludes halogenated alkanes) is 7. The van der Waals surface area contributed by atoms with Gasteiger partial charge in [0.2, 0.25) is 5.75 Å². The molecule has 0 unspecified atom stereocenters. The highest BCUT2D eigenvalue weighted by molar-refractivity contribution is 5.89. The highest BCUT2D eigenvalue weighted by atomic mass is 16.5. The van der Waals surface area contributed by atoms with Crippen LogP contribution in [0, 0.1) is 0 Å². The van der Waals surface area contributed by atoms with Crippen LogP contribution in [-0.2, 0) is 6.54 Å². The zero-order valence-electron chi connectivity index (χ0n) is 20.0. The summed E-state index contributed by atoms with van der Waals surface area (Å²) in [5.41, 5.74) is 0.717. The molecule has 0 aliphatic heterocycles. The van der Waals surface area contributed by atoms with Gasteiger partial charge in [-0.15, -0.1) is 0 Å². The van der Waals surface area contributed by atoms with Crippen LogP contribution in [0.3, 0.4) is 0 Å². The molecular weight excluding hydrogens is 390 g/mol.